The van der Waals surface area contributed by atoms with Crippen molar-refractivity contribution in [3.8, 4) is 0 Å². The molecule has 0 aromatic carbocycles. The second-order valence-corrected chi connectivity index (χ2v) is 7.58. The van der Waals surface area contributed by atoms with Gasteiger partial charge in [-0.1, -0.05) is 20.3 Å². The lowest BCUT2D eigenvalue weighted by atomic mass is 9.62. The van der Waals surface area contributed by atoms with Gasteiger partial charge in [-0.2, -0.15) is 4.89 Å². The SMILES string of the molecule is CO[C@H]1O[C@@]2(C)OOC13[C@H](CCO)CCC[C@@H]3CC2(C)C. The molecule has 0 amide bonds. The number of rotatable bonds is 3. The van der Waals surface area contributed by atoms with Gasteiger partial charge in [-0.15, -0.1) is 0 Å². The van der Waals surface area contributed by atoms with Gasteiger partial charge in [0.1, 0.15) is 0 Å². The van der Waals surface area contributed by atoms with E-state index >= 15 is 0 Å². The lowest BCUT2D eigenvalue weighted by Crippen LogP contribution is -2.64. The first-order chi connectivity index (χ1) is 9.89. The first-order valence-corrected chi connectivity index (χ1v) is 8.08. The van der Waals surface area contributed by atoms with Gasteiger partial charge in [-0.25, -0.2) is 4.89 Å². The number of methoxy groups -OCH3 is 1. The number of hydrogen-bond acceptors (Lipinski definition) is 5. The third kappa shape index (κ3) is 2.09. The minimum atomic E-state index is -0.806. The third-order valence-corrected chi connectivity index (χ3v) is 6.10. The lowest BCUT2D eigenvalue weighted by Gasteiger charge is -2.53. The smallest absolute Gasteiger partial charge is 0.206 e. The Morgan fingerprint density at radius 1 is 1.19 bits per heavy atom. The van der Waals surface area contributed by atoms with Gasteiger partial charge in [0.25, 0.3) is 0 Å². The van der Waals surface area contributed by atoms with E-state index in [1.165, 1.54) is 0 Å². The fourth-order valence-corrected chi connectivity index (χ4v) is 4.52. The minimum absolute atomic E-state index is 0.152. The summed E-state index contributed by atoms with van der Waals surface area (Å²) in [6.45, 7) is 6.42. The summed E-state index contributed by atoms with van der Waals surface area (Å²) >= 11 is 0. The second-order valence-electron chi connectivity index (χ2n) is 7.58. The highest BCUT2D eigenvalue weighted by Crippen LogP contribution is 2.60. The van der Waals surface area contributed by atoms with Gasteiger partial charge in [0.05, 0.1) is 0 Å². The first kappa shape index (κ1) is 15.7. The van der Waals surface area contributed by atoms with Crippen LogP contribution in [0.3, 0.4) is 0 Å². The number of hydrogen-bond donors (Lipinski definition) is 1. The van der Waals surface area contributed by atoms with Crippen molar-refractivity contribution in [1.29, 1.82) is 0 Å². The fourth-order valence-electron chi connectivity index (χ4n) is 4.52. The van der Waals surface area contributed by atoms with Crippen molar-refractivity contribution >= 4 is 0 Å². The summed E-state index contributed by atoms with van der Waals surface area (Å²) in [4.78, 5) is 11.8. The van der Waals surface area contributed by atoms with Crippen LogP contribution in [0.25, 0.3) is 0 Å². The van der Waals surface area contributed by atoms with E-state index in [1.807, 2.05) is 6.92 Å². The average molecular weight is 300 g/mol. The van der Waals surface area contributed by atoms with E-state index in [2.05, 4.69) is 13.8 Å². The molecule has 5 nitrogen and oxygen atoms in total. The van der Waals surface area contributed by atoms with E-state index in [9.17, 15) is 5.11 Å². The van der Waals surface area contributed by atoms with Gasteiger partial charge in [-0.3, -0.25) is 0 Å². The first-order valence-electron chi connectivity index (χ1n) is 8.08. The molecule has 1 unspecified atom stereocenters. The standard InChI is InChI=1S/C16H28O5/c1-14(2)10-12-7-5-6-11(8-9-17)16(12)13(18-4)19-15(14,3)20-21-16/h11-13,17H,5-10H2,1-4H3/t11-,12+,13-,15-,16?/m0/s1. The summed E-state index contributed by atoms with van der Waals surface area (Å²) in [5.41, 5.74) is -0.753. The molecule has 4 fully saturated rings. The summed E-state index contributed by atoms with van der Waals surface area (Å²) in [5, 5.41) is 9.44. The molecule has 3 aliphatic heterocycles. The molecule has 0 aromatic rings. The van der Waals surface area contributed by atoms with Crippen LogP contribution < -0.4 is 0 Å². The van der Waals surface area contributed by atoms with Gasteiger partial charge in [0.15, 0.2) is 11.9 Å². The van der Waals surface area contributed by atoms with E-state index in [-0.39, 0.29) is 17.9 Å². The molecular weight excluding hydrogens is 272 g/mol. The molecule has 0 radical (unpaired) electrons. The molecule has 21 heavy (non-hydrogen) atoms. The summed E-state index contributed by atoms with van der Waals surface area (Å²) in [5.74, 6) is -0.281. The molecule has 1 aliphatic carbocycles. The molecule has 3 heterocycles. The van der Waals surface area contributed by atoms with Gasteiger partial charge < -0.3 is 14.6 Å². The Morgan fingerprint density at radius 3 is 2.62 bits per heavy atom. The number of aliphatic hydroxyl groups excluding tert-OH is 1. The number of ether oxygens (including phenoxy) is 2. The van der Waals surface area contributed by atoms with Crippen LogP contribution in [0.2, 0.25) is 0 Å². The maximum absolute atomic E-state index is 9.44. The molecule has 5 heteroatoms. The topological polar surface area (TPSA) is 57.2 Å². The minimum Gasteiger partial charge on any atom is -0.396 e. The van der Waals surface area contributed by atoms with Crippen LogP contribution in [0.4, 0.5) is 0 Å². The maximum Gasteiger partial charge on any atom is 0.206 e. The Balaban J connectivity index is 2.05. The van der Waals surface area contributed by atoms with E-state index < -0.39 is 17.7 Å². The second kappa shape index (κ2) is 5.17. The summed E-state index contributed by atoms with van der Waals surface area (Å²) < 4.78 is 11.9. The molecule has 0 aromatic heterocycles. The summed E-state index contributed by atoms with van der Waals surface area (Å²) in [7, 11) is 1.67. The molecule has 1 spiro atoms. The highest BCUT2D eigenvalue weighted by atomic mass is 17.3. The molecule has 1 saturated carbocycles. The van der Waals surface area contributed by atoms with Crippen LogP contribution in [0.1, 0.15) is 52.9 Å². The van der Waals surface area contributed by atoms with Crippen molar-refractivity contribution in [2.45, 2.75) is 70.6 Å². The Bertz CT molecular complexity index is 396. The zero-order chi connectivity index (χ0) is 15.3. The molecule has 3 saturated heterocycles. The normalized spacial score (nSPS) is 48.7. The van der Waals surface area contributed by atoms with Crippen LogP contribution in [-0.4, -0.2) is 36.5 Å². The molecule has 2 bridgehead atoms. The summed E-state index contributed by atoms with van der Waals surface area (Å²) in [6, 6.07) is 0. The molecule has 1 N–H and O–H groups in total. The van der Waals surface area contributed by atoms with Crippen molar-refractivity contribution < 1.29 is 24.4 Å². The predicted molar refractivity (Wildman–Crippen MR) is 76.1 cm³/mol. The van der Waals surface area contributed by atoms with Crippen molar-refractivity contribution in [3.05, 3.63) is 0 Å². The summed E-state index contributed by atoms with van der Waals surface area (Å²) in [6.07, 6.45) is 4.49. The molecule has 4 rings (SSSR count). The van der Waals surface area contributed by atoms with Crippen LogP contribution in [0.5, 0.6) is 0 Å². The molecular formula is C16H28O5. The van der Waals surface area contributed by atoms with Gasteiger partial charge in [0.2, 0.25) is 5.79 Å². The average Bonchev–Trinajstić information content (AvgIpc) is 2.57. The van der Waals surface area contributed by atoms with Crippen LogP contribution in [-0.2, 0) is 19.2 Å². The maximum atomic E-state index is 9.44. The quantitative estimate of drug-likeness (QED) is 0.812. The van der Waals surface area contributed by atoms with Crippen molar-refractivity contribution in [3.63, 3.8) is 0 Å². The van der Waals surface area contributed by atoms with Gasteiger partial charge in [0, 0.05) is 19.1 Å². The van der Waals surface area contributed by atoms with E-state index in [4.69, 9.17) is 19.2 Å². The van der Waals surface area contributed by atoms with Crippen molar-refractivity contribution in [2.75, 3.05) is 13.7 Å². The Morgan fingerprint density at radius 2 is 1.95 bits per heavy atom. The van der Waals surface area contributed by atoms with Crippen LogP contribution in [0.15, 0.2) is 0 Å². The highest BCUT2D eigenvalue weighted by molar-refractivity contribution is 5.07. The predicted octanol–water partition coefficient (Wildman–Crippen LogP) is 2.62. The monoisotopic (exact) mass is 300 g/mol. The zero-order valence-corrected chi connectivity index (χ0v) is 13.6. The van der Waals surface area contributed by atoms with Crippen molar-refractivity contribution in [1.82, 2.24) is 0 Å². The lowest BCUT2D eigenvalue weighted by molar-refractivity contribution is -0.566. The molecule has 5 atom stereocenters. The number of fused-ring (bicyclic) bond motifs is 3. The van der Waals surface area contributed by atoms with E-state index in [0.717, 1.165) is 25.7 Å². The van der Waals surface area contributed by atoms with Gasteiger partial charge >= 0.3 is 0 Å². The Hall–Kier alpha value is -0.200. The van der Waals surface area contributed by atoms with E-state index in [1.54, 1.807) is 7.11 Å². The molecule has 122 valence electrons. The Labute approximate surface area is 126 Å². The fraction of sp³-hybridized carbons (Fsp3) is 1.00. The van der Waals surface area contributed by atoms with E-state index in [0.29, 0.717) is 12.3 Å². The molecule has 4 aliphatic rings. The zero-order valence-electron chi connectivity index (χ0n) is 13.6. The highest BCUT2D eigenvalue weighted by Gasteiger charge is 2.68. The largest absolute Gasteiger partial charge is 0.396 e. The Kier molecular flexibility index (Phi) is 3.86. The third-order valence-electron chi connectivity index (χ3n) is 6.10. The van der Waals surface area contributed by atoms with Crippen LogP contribution >= 0.6 is 0 Å². The van der Waals surface area contributed by atoms with Gasteiger partial charge in [-0.05, 0) is 44.4 Å². The number of aliphatic hydroxyl groups is 1. The van der Waals surface area contributed by atoms with Crippen molar-refractivity contribution in [2.24, 2.45) is 17.3 Å². The van der Waals surface area contributed by atoms with Crippen LogP contribution in [0, 0.1) is 17.3 Å².